The van der Waals surface area contributed by atoms with Gasteiger partial charge in [-0.2, -0.15) is 0 Å². The van der Waals surface area contributed by atoms with E-state index in [0.717, 1.165) is 22.6 Å². The number of anilines is 1. The van der Waals surface area contributed by atoms with Crippen molar-refractivity contribution < 1.29 is 9.53 Å². The van der Waals surface area contributed by atoms with Gasteiger partial charge in [-0.15, -0.1) is 0 Å². The Balaban J connectivity index is 1.81. The monoisotopic (exact) mass is 381 g/mol. The molecule has 3 nitrogen and oxygen atoms in total. The Morgan fingerprint density at radius 1 is 1.15 bits per heavy atom. The van der Waals surface area contributed by atoms with E-state index in [1.54, 1.807) is 4.90 Å². The van der Waals surface area contributed by atoms with Crippen molar-refractivity contribution >= 4 is 46.0 Å². The van der Waals surface area contributed by atoms with Crippen LogP contribution in [0.4, 0.5) is 5.69 Å². The lowest BCUT2D eigenvalue weighted by Crippen LogP contribution is -2.27. The molecule has 1 aliphatic rings. The molecule has 0 saturated carbocycles. The van der Waals surface area contributed by atoms with Crippen LogP contribution < -0.4 is 9.64 Å². The highest BCUT2D eigenvalue weighted by molar-refractivity contribution is 8.27. The van der Waals surface area contributed by atoms with Gasteiger partial charge in [0.05, 0.1) is 17.2 Å². The molecule has 2 aromatic rings. The fourth-order valence-corrected chi connectivity index (χ4v) is 3.96. The highest BCUT2D eigenvalue weighted by atomic mass is 32.2. The minimum Gasteiger partial charge on any atom is -0.494 e. The molecule has 0 spiro atoms. The number of ether oxygens (including phenoxy) is 1. The molecule has 2 aromatic carbocycles. The maximum atomic E-state index is 12.8. The van der Waals surface area contributed by atoms with Crippen molar-refractivity contribution in [1.29, 1.82) is 0 Å². The third kappa shape index (κ3) is 4.23. The van der Waals surface area contributed by atoms with Gasteiger partial charge in [-0.05, 0) is 55.3 Å². The van der Waals surface area contributed by atoms with Gasteiger partial charge >= 0.3 is 0 Å². The first-order chi connectivity index (χ1) is 12.6. The van der Waals surface area contributed by atoms with Crippen LogP contribution in [-0.2, 0) is 4.79 Å². The van der Waals surface area contributed by atoms with E-state index in [2.05, 4.69) is 0 Å². The quantitative estimate of drug-likeness (QED) is 0.510. The number of amides is 1. The average molecular weight is 382 g/mol. The van der Waals surface area contributed by atoms with Crippen molar-refractivity contribution in [2.75, 3.05) is 11.5 Å². The summed E-state index contributed by atoms with van der Waals surface area (Å²) < 4.78 is 5.99. The van der Waals surface area contributed by atoms with Crippen molar-refractivity contribution in [3.8, 4) is 5.75 Å². The third-order valence-electron chi connectivity index (χ3n) is 3.75. The highest BCUT2D eigenvalue weighted by Crippen LogP contribution is 2.36. The fraction of sp³-hybridized carbons (Fsp3) is 0.143. The van der Waals surface area contributed by atoms with Crippen LogP contribution in [0.25, 0.3) is 6.08 Å². The SMILES string of the molecule is CCOc1ccc(N2C(=O)/C(=C\C(C)=C\c3ccccc3)SC2=S)cc1. The van der Waals surface area contributed by atoms with Gasteiger partial charge in [0, 0.05) is 0 Å². The normalized spacial score (nSPS) is 16.5. The van der Waals surface area contributed by atoms with Crippen LogP contribution in [0.3, 0.4) is 0 Å². The van der Waals surface area contributed by atoms with E-state index in [0.29, 0.717) is 15.8 Å². The van der Waals surface area contributed by atoms with E-state index in [4.69, 9.17) is 17.0 Å². The molecule has 0 aromatic heterocycles. The minimum atomic E-state index is -0.0926. The van der Waals surface area contributed by atoms with Crippen molar-refractivity contribution in [1.82, 2.24) is 0 Å². The standard InChI is InChI=1S/C21H19NO2S2/c1-3-24-18-11-9-17(10-12-18)22-20(23)19(26-21(22)25)14-15(2)13-16-7-5-4-6-8-16/h4-14H,3H2,1-2H3/b15-13+,19-14+. The summed E-state index contributed by atoms with van der Waals surface area (Å²) in [4.78, 5) is 15.0. The second-order valence-corrected chi connectivity index (χ2v) is 7.42. The Morgan fingerprint density at radius 2 is 1.85 bits per heavy atom. The van der Waals surface area contributed by atoms with Gasteiger partial charge in [0.25, 0.3) is 5.91 Å². The van der Waals surface area contributed by atoms with Crippen LogP contribution in [0.2, 0.25) is 0 Å². The maximum absolute atomic E-state index is 12.8. The molecule has 1 saturated heterocycles. The first-order valence-electron chi connectivity index (χ1n) is 8.32. The molecule has 0 atom stereocenters. The summed E-state index contributed by atoms with van der Waals surface area (Å²) in [6.07, 6.45) is 3.93. The largest absolute Gasteiger partial charge is 0.494 e. The molecule has 0 unspecified atom stereocenters. The zero-order chi connectivity index (χ0) is 18.5. The van der Waals surface area contributed by atoms with Gasteiger partial charge in [-0.3, -0.25) is 9.69 Å². The fourth-order valence-electron chi connectivity index (χ4n) is 2.61. The number of carbonyl (C=O) groups excluding carboxylic acids is 1. The number of benzene rings is 2. The summed E-state index contributed by atoms with van der Waals surface area (Å²) in [7, 11) is 0. The van der Waals surface area contributed by atoms with Gasteiger partial charge in [0.1, 0.15) is 5.75 Å². The Hall–Kier alpha value is -2.37. The van der Waals surface area contributed by atoms with Crippen LogP contribution in [0.1, 0.15) is 19.4 Å². The molecule has 0 radical (unpaired) electrons. The topological polar surface area (TPSA) is 29.5 Å². The molecule has 1 amide bonds. The number of nitrogens with zero attached hydrogens (tertiary/aromatic N) is 1. The highest BCUT2D eigenvalue weighted by Gasteiger charge is 2.33. The van der Waals surface area contributed by atoms with E-state index in [-0.39, 0.29) is 5.91 Å². The second kappa shape index (κ2) is 8.34. The van der Waals surface area contributed by atoms with Crippen LogP contribution in [-0.4, -0.2) is 16.8 Å². The van der Waals surface area contributed by atoms with Gasteiger partial charge in [0.15, 0.2) is 4.32 Å². The maximum Gasteiger partial charge on any atom is 0.270 e. The average Bonchev–Trinajstić information content (AvgIpc) is 2.90. The molecule has 0 bridgehead atoms. The number of allylic oxidation sites excluding steroid dienone is 2. The van der Waals surface area contributed by atoms with Crippen LogP contribution >= 0.6 is 24.0 Å². The van der Waals surface area contributed by atoms with Gasteiger partial charge in [0.2, 0.25) is 0 Å². The zero-order valence-electron chi connectivity index (χ0n) is 14.6. The van der Waals surface area contributed by atoms with E-state index in [1.807, 2.05) is 80.6 Å². The molecule has 26 heavy (non-hydrogen) atoms. The van der Waals surface area contributed by atoms with Crippen molar-refractivity contribution in [3.63, 3.8) is 0 Å². The third-order valence-corrected chi connectivity index (χ3v) is 5.05. The molecule has 132 valence electrons. The van der Waals surface area contributed by atoms with Gasteiger partial charge < -0.3 is 4.74 Å². The van der Waals surface area contributed by atoms with Gasteiger partial charge in [-0.1, -0.05) is 60.4 Å². The molecule has 0 N–H and O–H groups in total. The van der Waals surface area contributed by atoms with Crippen LogP contribution in [0.5, 0.6) is 5.75 Å². The van der Waals surface area contributed by atoms with E-state index in [1.165, 1.54) is 11.8 Å². The zero-order valence-corrected chi connectivity index (χ0v) is 16.3. The Kier molecular flexibility index (Phi) is 5.91. The number of thiocarbonyl (C=S) groups is 1. The summed E-state index contributed by atoms with van der Waals surface area (Å²) >= 11 is 6.75. The number of rotatable bonds is 5. The van der Waals surface area contributed by atoms with E-state index in [9.17, 15) is 4.79 Å². The molecule has 5 heteroatoms. The molecular weight excluding hydrogens is 362 g/mol. The first kappa shape index (κ1) is 18.4. The van der Waals surface area contributed by atoms with Crippen LogP contribution in [0, 0.1) is 0 Å². The van der Waals surface area contributed by atoms with Crippen molar-refractivity contribution in [2.45, 2.75) is 13.8 Å². The summed E-state index contributed by atoms with van der Waals surface area (Å²) in [6.45, 7) is 4.53. The molecule has 1 aliphatic heterocycles. The van der Waals surface area contributed by atoms with Crippen molar-refractivity contribution in [2.24, 2.45) is 0 Å². The van der Waals surface area contributed by atoms with Crippen LogP contribution in [0.15, 0.2) is 71.2 Å². The lowest BCUT2D eigenvalue weighted by molar-refractivity contribution is -0.113. The van der Waals surface area contributed by atoms with E-state index >= 15 is 0 Å². The summed E-state index contributed by atoms with van der Waals surface area (Å²) in [5.41, 5.74) is 2.86. The smallest absolute Gasteiger partial charge is 0.270 e. The first-order valence-corrected chi connectivity index (χ1v) is 9.55. The lowest BCUT2D eigenvalue weighted by atomic mass is 10.1. The molecular formula is C21H19NO2S2. The summed E-state index contributed by atoms with van der Waals surface area (Å²) in [5.74, 6) is 0.684. The number of carbonyl (C=O) groups is 1. The summed E-state index contributed by atoms with van der Waals surface area (Å²) in [6, 6.07) is 17.4. The molecule has 1 fully saturated rings. The number of hydrogen-bond acceptors (Lipinski definition) is 4. The molecule has 0 aliphatic carbocycles. The second-order valence-electron chi connectivity index (χ2n) is 5.74. The number of thioether (sulfide) groups is 1. The number of hydrogen-bond donors (Lipinski definition) is 0. The van der Waals surface area contributed by atoms with Crippen molar-refractivity contribution in [3.05, 3.63) is 76.7 Å². The Labute approximate surface area is 163 Å². The minimum absolute atomic E-state index is 0.0926. The van der Waals surface area contributed by atoms with Gasteiger partial charge in [-0.25, -0.2) is 0 Å². The predicted octanol–water partition coefficient (Wildman–Crippen LogP) is 5.44. The molecule has 3 rings (SSSR count). The Bertz CT molecular complexity index is 871. The predicted molar refractivity (Wildman–Crippen MR) is 113 cm³/mol. The summed E-state index contributed by atoms with van der Waals surface area (Å²) in [5, 5.41) is 0. The van der Waals surface area contributed by atoms with E-state index < -0.39 is 0 Å². The molecule has 1 heterocycles. The lowest BCUT2D eigenvalue weighted by Gasteiger charge is -2.15. The Morgan fingerprint density at radius 3 is 2.50 bits per heavy atom.